The summed E-state index contributed by atoms with van der Waals surface area (Å²) in [7, 11) is 0. The van der Waals surface area contributed by atoms with E-state index in [1.54, 1.807) is 26.0 Å². The van der Waals surface area contributed by atoms with E-state index in [0.717, 1.165) is 24.4 Å². The Hall–Kier alpha value is -2.15. The first kappa shape index (κ1) is 21.9. The van der Waals surface area contributed by atoms with Crippen LogP contribution in [0.15, 0.2) is 58.8 Å². The van der Waals surface area contributed by atoms with E-state index in [2.05, 4.69) is 16.7 Å². The molecule has 0 aromatic heterocycles. The smallest absolute Gasteiger partial charge is 0.386 e. The molecule has 4 nitrogen and oxygen atoms in total. The van der Waals surface area contributed by atoms with Gasteiger partial charge in [0.15, 0.2) is 0 Å². The lowest BCUT2D eigenvalue weighted by molar-refractivity contribution is -0.0617. The number of nitrogens with zero attached hydrogens (tertiary/aromatic N) is 2. The highest BCUT2D eigenvalue weighted by molar-refractivity contribution is 5.88. The van der Waals surface area contributed by atoms with Crippen molar-refractivity contribution in [3.05, 3.63) is 48.7 Å². The molecule has 0 unspecified atom stereocenters. The zero-order chi connectivity index (χ0) is 18.6. The van der Waals surface area contributed by atoms with Crippen molar-refractivity contribution in [2.75, 3.05) is 0 Å². The van der Waals surface area contributed by atoms with Crippen LogP contribution in [0.4, 0.5) is 13.2 Å². The second-order valence-electron chi connectivity index (χ2n) is 5.25. The highest BCUT2D eigenvalue weighted by atomic mass is 19.4. The molecule has 0 aromatic carbocycles. The molecule has 0 spiro atoms. The van der Waals surface area contributed by atoms with Gasteiger partial charge in [0.25, 0.3) is 0 Å². The fraction of sp³-hybridized carbons (Fsp3) is 0.412. The molecule has 0 aliphatic heterocycles. The number of halogens is 3. The van der Waals surface area contributed by atoms with Gasteiger partial charge in [-0.2, -0.15) is 18.3 Å². The highest BCUT2D eigenvalue weighted by Gasteiger charge is 2.35. The molecule has 2 N–H and O–H groups in total. The van der Waals surface area contributed by atoms with Gasteiger partial charge in [-0.3, -0.25) is 5.43 Å². The maximum Gasteiger partial charge on any atom is 0.450 e. The molecule has 0 saturated heterocycles. The number of amidine groups is 1. The van der Waals surface area contributed by atoms with Gasteiger partial charge in [0.2, 0.25) is 5.84 Å². The SMILES string of the molecule is C=C/C=N/NC(=N/C=C/C/C=C\C(=C/CC)C(C)(C)O)C(F)(F)F. The topological polar surface area (TPSA) is 57.0 Å². The van der Waals surface area contributed by atoms with Gasteiger partial charge in [0, 0.05) is 12.4 Å². The number of hydrogen-bond donors (Lipinski definition) is 2. The third kappa shape index (κ3) is 9.78. The van der Waals surface area contributed by atoms with Crippen LogP contribution in [0.5, 0.6) is 0 Å². The van der Waals surface area contributed by atoms with Crippen molar-refractivity contribution in [3.8, 4) is 0 Å². The summed E-state index contributed by atoms with van der Waals surface area (Å²) >= 11 is 0. The van der Waals surface area contributed by atoms with Gasteiger partial charge >= 0.3 is 6.18 Å². The largest absolute Gasteiger partial charge is 0.450 e. The van der Waals surface area contributed by atoms with Gasteiger partial charge in [0.1, 0.15) is 0 Å². The first-order chi connectivity index (χ1) is 11.1. The van der Waals surface area contributed by atoms with Crippen LogP contribution in [0.3, 0.4) is 0 Å². The van der Waals surface area contributed by atoms with Gasteiger partial charge in [0.05, 0.1) is 5.60 Å². The van der Waals surface area contributed by atoms with E-state index in [4.69, 9.17) is 0 Å². The summed E-state index contributed by atoms with van der Waals surface area (Å²) in [5, 5.41) is 13.3. The van der Waals surface area contributed by atoms with Crippen molar-refractivity contribution in [2.45, 2.75) is 45.4 Å². The van der Waals surface area contributed by atoms with Crippen molar-refractivity contribution < 1.29 is 18.3 Å². The molecule has 0 aliphatic carbocycles. The lowest BCUT2D eigenvalue weighted by atomic mass is 9.96. The lowest BCUT2D eigenvalue weighted by Crippen LogP contribution is -2.33. The third-order valence-electron chi connectivity index (χ3n) is 2.63. The molecule has 0 rings (SSSR count). The van der Waals surface area contributed by atoms with Crippen molar-refractivity contribution >= 4 is 12.1 Å². The lowest BCUT2D eigenvalue weighted by Gasteiger charge is -2.18. The Morgan fingerprint density at radius 1 is 1.25 bits per heavy atom. The number of allylic oxidation sites excluding steroid dienone is 4. The average Bonchev–Trinajstić information content (AvgIpc) is 2.45. The molecule has 0 fully saturated rings. The molecule has 0 bridgehead atoms. The van der Waals surface area contributed by atoms with Crippen LogP contribution in [0.25, 0.3) is 0 Å². The van der Waals surface area contributed by atoms with Gasteiger partial charge in [-0.15, -0.1) is 0 Å². The van der Waals surface area contributed by atoms with Crippen LogP contribution in [0, 0.1) is 0 Å². The number of hydrogen-bond acceptors (Lipinski definition) is 3. The van der Waals surface area contributed by atoms with E-state index >= 15 is 0 Å². The minimum absolute atomic E-state index is 0.377. The molecule has 7 heteroatoms. The average molecular weight is 343 g/mol. The Bertz CT molecular complexity index is 536. The molecule has 0 amide bonds. The second-order valence-corrected chi connectivity index (χ2v) is 5.25. The van der Waals surface area contributed by atoms with E-state index in [1.165, 1.54) is 12.2 Å². The number of alkyl halides is 3. The molecule has 0 radical (unpaired) electrons. The molecule has 0 aliphatic rings. The molecule has 134 valence electrons. The Kier molecular flexibility index (Phi) is 9.64. The maximum absolute atomic E-state index is 12.7. The minimum atomic E-state index is -4.63. The van der Waals surface area contributed by atoms with E-state index in [-0.39, 0.29) is 0 Å². The Balaban J connectivity index is 4.82. The molecular formula is C17H24F3N3O. The molecule has 24 heavy (non-hydrogen) atoms. The normalized spacial score (nSPS) is 15.0. The highest BCUT2D eigenvalue weighted by Crippen LogP contribution is 2.18. The molecule has 0 atom stereocenters. The fourth-order valence-corrected chi connectivity index (χ4v) is 1.52. The van der Waals surface area contributed by atoms with Crippen molar-refractivity contribution in [1.82, 2.24) is 5.43 Å². The summed E-state index contributed by atoms with van der Waals surface area (Å²) < 4.78 is 38.0. The Labute approximate surface area is 140 Å². The first-order valence-corrected chi connectivity index (χ1v) is 7.42. The predicted octanol–water partition coefficient (Wildman–Crippen LogP) is 4.28. The van der Waals surface area contributed by atoms with Gasteiger partial charge in [-0.1, -0.05) is 37.8 Å². The van der Waals surface area contributed by atoms with Crippen LogP contribution in [-0.4, -0.2) is 28.9 Å². The number of hydrazone groups is 1. The molecular weight excluding hydrogens is 319 g/mol. The molecule has 0 aromatic rings. The van der Waals surface area contributed by atoms with E-state index in [9.17, 15) is 18.3 Å². The van der Waals surface area contributed by atoms with E-state index in [0.29, 0.717) is 6.42 Å². The van der Waals surface area contributed by atoms with Gasteiger partial charge in [-0.05, 0) is 38.3 Å². The number of rotatable bonds is 8. The summed E-state index contributed by atoms with van der Waals surface area (Å²) in [6, 6.07) is 0. The first-order valence-electron chi connectivity index (χ1n) is 7.42. The summed E-state index contributed by atoms with van der Waals surface area (Å²) in [4.78, 5) is 3.32. The zero-order valence-corrected chi connectivity index (χ0v) is 14.1. The van der Waals surface area contributed by atoms with Crippen LogP contribution in [0.1, 0.15) is 33.6 Å². The van der Waals surface area contributed by atoms with Crippen molar-refractivity contribution in [2.24, 2.45) is 10.1 Å². The van der Waals surface area contributed by atoms with Crippen LogP contribution in [-0.2, 0) is 0 Å². The molecule has 0 saturated carbocycles. The second kappa shape index (κ2) is 10.6. The number of nitrogens with one attached hydrogen (secondary N) is 1. The van der Waals surface area contributed by atoms with Gasteiger partial charge in [-0.25, -0.2) is 4.99 Å². The fourth-order valence-electron chi connectivity index (χ4n) is 1.52. The van der Waals surface area contributed by atoms with Crippen molar-refractivity contribution in [3.63, 3.8) is 0 Å². The number of aliphatic hydroxyl groups is 1. The van der Waals surface area contributed by atoms with Crippen LogP contribution >= 0.6 is 0 Å². The summed E-state index contributed by atoms with van der Waals surface area (Å²) in [6.07, 6.45) is 6.75. The van der Waals surface area contributed by atoms with E-state index in [1.807, 2.05) is 18.4 Å². The Morgan fingerprint density at radius 2 is 1.92 bits per heavy atom. The van der Waals surface area contributed by atoms with E-state index < -0.39 is 17.6 Å². The number of aliphatic imine (C=N–C) groups is 1. The maximum atomic E-state index is 12.7. The van der Waals surface area contributed by atoms with Crippen molar-refractivity contribution in [1.29, 1.82) is 0 Å². The Morgan fingerprint density at radius 3 is 2.42 bits per heavy atom. The predicted molar refractivity (Wildman–Crippen MR) is 92.9 cm³/mol. The summed E-state index contributed by atoms with van der Waals surface area (Å²) in [5.41, 5.74) is 1.60. The standard InChI is InChI=1S/C17H24F3N3O/c1-5-10-14(16(3,4)24)11-8-7-9-13-21-15(17(18,19)20)23-22-12-6-2/h6,8-13,24H,2,5,7H2,1,3-4H3,(H,21,23)/b11-8-,13-9+,14-10+,22-12+. The minimum Gasteiger partial charge on any atom is -0.386 e. The summed E-state index contributed by atoms with van der Waals surface area (Å²) in [6.45, 7) is 8.60. The zero-order valence-electron chi connectivity index (χ0n) is 14.1. The quantitative estimate of drug-likeness (QED) is 0.299. The molecule has 0 heterocycles. The third-order valence-corrected chi connectivity index (χ3v) is 2.63. The van der Waals surface area contributed by atoms with Gasteiger partial charge < -0.3 is 5.11 Å². The monoisotopic (exact) mass is 343 g/mol. The summed E-state index contributed by atoms with van der Waals surface area (Å²) in [5.74, 6) is -1.22. The van der Waals surface area contributed by atoms with Crippen LogP contribution < -0.4 is 5.43 Å². The van der Waals surface area contributed by atoms with Crippen LogP contribution in [0.2, 0.25) is 0 Å².